The van der Waals surface area contributed by atoms with E-state index in [0.29, 0.717) is 5.95 Å². The Bertz CT molecular complexity index is 3470. The predicted octanol–water partition coefficient (Wildman–Crippen LogP) is 11.4. The molecular weight excluding hydrogens is 781 g/mol. The van der Waals surface area contributed by atoms with Crippen molar-refractivity contribution in [2.75, 3.05) is 0 Å². The molecule has 0 N–H and O–H groups in total. The molecule has 5 heteroatoms. The number of benzene rings is 9. The van der Waals surface area contributed by atoms with Crippen LogP contribution in [0.4, 0.5) is 0 Å². The number of hydrogen-bond acceptors (Lipinski definition) is 2. The molecule has 0 saturated heterocycles. The minimum absolute atomic E-state index is 0.630. The van der Waals surface area contributed by atoms with E-state index in [1.807, 2.05) is 0 Å². The Labute approximate surface area is 366 Å². The second-order valence-corrected chi connectivity index (χ2v) is 20.0. The van der Waals surface area contributed by atoms with Gasteiger partial charge < -0.3 is 4.57 Å². The van der Waals surface area contributed by atoms with Gasteiger partial charge in [-0.3, -0.25) is 4.57 Å². The van der Waals surface area contributed by atoms with Crippen molar-refractivity contribution in [1.29, 1.82) is 0 Å². The molecule has 0 aliphatic heterocycles. The van der Waals surface area contributed by atoms with E-state index in [1.54, 1.807) is 0 Å². The lowest BCUT2D eigenvalue weighted by molar-refractivity contribution is 0.995. The summed E-state index contributed by atoms with van der Waals surface area (Å²) < 4.78 is 4.63. The summed E-state index contributed by atoms with van der Waals surface area (Å²) in [5.74, 6) is 0.630. The average molecular weight is 821 g/mol. The van der Waals surface area contributed by atoms with Gasteiger partial charge in [0.2, 0.25) is 5.95 Å². The van der Waals surface area contributed by atoms with Crippen LogP contribution in [0.1, 0.15) is 0 Å². The minimum Gasteiger partial charge on any atom is -0.309 e. The molecule has 0 amide bonds. The van der Waals surface area contributed by atoms with E-state index in [-0.39, 0.29) is 0 Å². The van der Waals surface area contributed by atoms with Crippen molar-refractivity contribution < 1.29 is 0 Å². The summed E-state index contributed by atoms with van der Waals surface area (Å²) in [6, 6.07) is 87.8. The number of rotatable bonds is 8. The first kappa shape index (κ1) is 36.7. The molecule has 4 nitrogen and oxygen atoms in total. The molecular formula is C58H40N4Si. The predicted molar refractivity (Wildman–Crippen MR) is 265 cm³/mol. The van der Waals surface area contributed by atoms with Crippen LogP contribution in [0, 0.1) is 0 Å². The largest absolute Gasteiger partial charge is 0.309 e. The Morgan fingerprint density at radius 2 is 0.698 bits per heavy atom. The van der Waals surface area contributed by atoms with Gasteiger partial charge in [-0.25, -0.2) is 9.97 Å². The highest BCUT2D eigenvalue weighted by Gasteiger charge is 2.41. The number of hydrogen-bond donors (Lipinski definition) is 0. The molecule has 9 aromatic carbocycles. The van der Waals surface area contributed by atoms with Gasteiger partial charge in [-0.1, -0.05) is 200 Å². The number of para-hydroxylation sites is 3. The molecule has 296 valence electrons. The molecule has 12 aromatic rings. The SMILES string of the molecule is c1ccc(-c2cc(-c3cccc([Si](c4ccccc4)(c4ccccc4)c4ccccc4)c3)nc(-n3c4ccccc4c4cc(-n5c6ccccc6c6ccccc65)ccc43)n2)cc1. The van der Waals surface area contributed by atoms with Crippen molar-refractivity contribution in [3.63, 3.8) is 0 Å². The molecule has 0 saturated carbocycles. The third-order valence-electron chi connectivity index (χ3n) is 12.7. The van der Waals surface area contributed by atoms with Crippen molar-refractivity contribution in [3.05, 3.63) is 243 Å². The van der Waals surface area contributed by atoms with Gasteiger partial charge in [-0.2, -0.15) is 0 Å². The molecule has 3 aromatic heterocycles. The Balaban J connectivity index is 1.09. The maximum absolute atomic E-state index is 5.53. The summed E-state index contributed by atoms with van der Waals surface area (Å²) in [7, 11) is -2.79. The molecule has 0 aliphatic rings. The second kappa shape index (κ2) is 15.1. The fraction of sp³-hybridized carbons (Fsp3) is 0. The number of aromatic nitrogens is 4. The number of nitrogens with zero attached hydrogens (tertiary/aromatic N) is 4. The van der Waals surface area contributed by atoms with Crippen LogP contribution in [0.2, 0.25) is 0 Å². The highest BCUT2D eigenvalue weighted by molar-refractivity contribution is 7.19. The van der Waals surface area contributed by atoms with Crippen LogP contribution in [0.25, 0.3) is 77.8 Å². The van der Waals surface area contributed by atoms with Crippen LogP contribution >= 0.6 is 0 Å². The molecule has 0 atom stereocenters. The van der Waals surface area contributed by atoms with E-state index in [1.165, 1.54) is 42.6 Å². The summed E-state index contributed by atoms with van der Waals surface area (Å²) in [5, 5.41) is 10.1. The first-order valence-electron chi connectivity index (χ1n) is 21.5. The summed E-state index contributed by atoms with van der Waals surface area (Å²) in [4.78, 5) is 10.9. The molecule has 0 bridgehead atoms. The summed E-state index contributed by atoms with van der Waals surface area (Å²) >= 11 is 0. The van der Waals surface area contributed by atoms with Crippen LogP contribution in [0.5, 0.6) is 0 Å². The van der Waals surface area contributed by atoms with Gasteiger partial charge in [0.05, 0.1) is 33.5 Å². The lowest BCUT2D eigenvalue weighted by atomic mass is 10.1. The molecule has 3 heterocycles. The van der Waals surface area contributed by atoms with E-state index < -0.39 is 8.07 Å². The smallest absolute Gasteiger partial charge is 0.235 e. The highest BCUT2D eigenvalue weighted by Crippen LogP contribution is 2.37. The Hall–Kier alpha value is -8.12. The van der Waals surface area contributed by atoms with E-state index in [4.69, 9.17) is 9.97 Å². The van der Waals surface area contributed by atoms with Crippen molar-refractivity contribution >= 4 is 72.4 Å². The van der Waals surface area contributed by atoms with Gasteiger partial charge in [-0.05, 0) is 63.2 Å². The third-order valence-corrected chi connectivity index (χ3v) is 17.5. The zero-order valence-electron chi connectivity index (χ0n) is 34.4. The van der Waals surface area contributed by atoms with Gasteiger partial charge in [0.1, 0.15) is 0 Å². The Kier molecular flexibility index (Phi) is 8.80. The van der Waals surface area contributed by atoms with Gasteiger partial charge >= 0.3 is 0 Å². The van der Waals surface area contributed by atoms with Gasteiger partial charge in [0.25, 0.3) is 0 Å². The molecule has 63 heavy (non-hydrogen) atoms. The van der Waals surface area contributed by atoms with Gasteiger partial charge in [0.15, 0.2) is 8.07 Å². The molecule has 12 rings (SSSR count). The normalized spacial score (nSPS) is 11.8. The van der Waals surface area contributed by atoms with Crippen LogP contribution in [-0.2, 0) is 0 Å². The van der Waals surface area contributed by atoms with Crippen molar-refractivity contribution in [2.24, 2.45) is 0 Å². The van der Waals surface area contributed by atoms with E-state index >= 15 is 0 Å². The summed E-state index contributed by atoms with van der Waals surface area (Å²) in [6.07, 6.45) is 0. The van der Waals surface area contributed by atoms with E-state index in [2.05, 4.69) is 252 Å². The highest BCUT2D eigenvalue weighted by atomic mass is 28.3. The molecule has 0 radical (unpaired) electrons. The fourth-order valence-electron chi connectivity index (χ4n) is 9.93. The van der Waals surface area contributed by atoms with Gasteiger partial charge in [-0.15, -0.1) is 0 Å². The zero-order valence-corrected chi connectivity index (χ0v) is 35.4. The third kappa shape index (κ3) is 5.97. The quantitative estimate of drug-likeness (QED) is 0.113. The standard InChI is InChI=1S/C58H40N4Si/c1-5-20-41(21-6-1)52-40-53(42-22-19-29-47(38-42)63(44-23-7-2-8-24-44,45-25-9-3-10-26-45)46-27-11-4-12-28-46)60-58(59-52)62-56-35-18-15-32-50(56)51-39-43(36-37-57(51)62)61-54-33-16-13-30-48(54)49-31-14-17-34-55(49)61/h1-40H. The lowest BCUT2D eigenvalue weighted by Gasteiger charge is -2.34. The zero-order chi connectivity index (χ0) is 41.7. The first-order valence-corrected chi connectivity index (χ1v) is 23.5. The number of fused-ring (bicyclic) bond motifs is 6. The molecule has 0 fully saturated rings. The van der Waals surface area contributed by atoms with Crippen LogP contribution in [0.3, 0.4) is 0 Å². The monoisotopic (exact) mass is 820 g/mol. The van der Waals surface area contributed by atoms with Crippen molar-refractivity contribution in [1.82, 2.24) is 19.1 Å². The average Bonchev–Trinajstić information content (AvgIpc) is 3.88. The van der Waals surface area contributed by atoms with Crippen LogP contribution in [0.15, 0.2) is 243 Å². The van der Waals surface area contributed by atoms with Crippen LogP contribution in [-0.4, -0.2) is 27.2 Å². The Morgan fingerprint density at radius 3 is 1.25 bits per heavy atom. The van der Waals surface area contributed by atoms with E-state index in [0.717, 1.165) is 50.0 Å². The summed E-state index contributed by atoms with van der Waals surface area (Å²) in [5.41, 5.74) is 9.41. The fourth-order valence-corrected chi connectivity index (χ4v) is 14.7. The first-order chi connectivity index (χ1) is 31.3. The van der Waals surface area contributed by atoms with Crippen molar-refractivity contribution in [3.8, 4) is 34.2 Å². The topological polar surface area (TPSA) is 35.6 Å². The summed E-state index contributed by atoms with van der Waals surface area (Å²) in [6.45, 7) is 0. The Morgan fingerprint density at radius 1 is 0.286 bits per heavy atom. The second-order valence-electron chi connectivity index (χ2n) is 16.2. The molecule has 0 aliphatic carbocycles. The maximum atomic E-state index is 5.53. The lowest BCUT2D eigenvalue weighted by Crippen LogP contribution is -2.74. The molecule has 0 spiro atoms. The molecule has 0 unspecified atom stereocenters. The maximum Gasteiger partial charge on any atom is 0.235 e. The minimum atomic E-state index is -2.79. The van der Waals surface area contributed by atoms with Gasteiger partial charge in [0, 0.05) is 38.4 Å². The van der Waals surface area contributed by atoms with Crippen LogP contribution < -0.4 is 20.7 Å². The van der Waals surface area contributed by atoms with Crippen molar-refractivity contribution in [2.45, 2.75) is 0 Å². The van der Waals surface area contributed by atoms with E-state index in [9.17, 15) is 0 Å².